The molecule has 3 heteroatoms. The van der Waals surface area contributed by atoms with Crippen LogP contribution in [0.25, 0.3) is 0 Å². The lowest BCUT2D eigenvalue weighted by molar-refractivity contribution is -0.133. The molecule has 0 aromatic heterocycles. The summed E-state index contributed by atoms with van der Waals surface area (Å²) in [5, 5.41) is 0. The van der Waals surface area contributed by atoms with Gasteiger partial charge in [-0.2, -0.15) is 0 Å². The van der Waals surface area contributed by atoms with E-state index in [1.807, 2.05) is 13.8 Å². The molecule has 2 aliphatic heterocycles. The Kier molecular flexibility index (Phi) is 5.41. The summed E-state index contributed by atoms with van der Waals surface area (Å²) < 4.78 is 0. The first-order valence-corrected chi connectivity index (χ1v) is 10.8. The zero-order chi connectivity index (χ0) is 19.0. The standard InChI is InChI=1S/C24H34N2O/c1-17(2)24(27)26-15-21-10-11-22(23(21)16-26)20-8-6-19(7-9-20)12-14-25-13-4-5-18(25)3/h6-11,17-18,21-23H,4-5,12-16H2,1-3H3. The maximum absolute atomic E-state index is 12.4. The van der Waals surface area contributed by atoms with E-state index in [1.165, 1.54) is 37.1 Å². The molecule has 1 amide bonds. The van der Waals surface area contributed by atoms with Gasteiger partial charge in [0.1, 0.15) is 0 Å². The van der Waals surface area contributed by atoms with E-state index in [4.69, 9.17) is 0 Å². The average molecular weight is 367 g/mol. The first kappa shape index (κ1) is 18.7. The van der Waals surface area contributed by atoms with Crippen molar-refractivity contribution in [2.24, 2.45) is 17.8 Å². The molecule has 0 bridgehead atoms. The molecule has 2 saturated heterocycles. The third-order valence-electron chi connectivity index (χ3n) is 6.99. The van der Waals surface area contributed by atoms with Crippen molar-refractivity contribution in [3.8, 4) is 0 Å². The minimum atomic E-state index is 0.101. The smallest absolute Gasteiger partial charge is 0.225 e. The van der Waals surface area contributed by atoms with Gasteiger partial charge in [-0.15, -0.1) is 0 Å². The molecule has 4 unspecified atom stereocenters. The first-order valence-electron chi connectivity index (χ1n) is 10.8. The number of fused-ring (bicyclic) bond motifs is 1. The molecule has 4 atom stereocenters. The maximum atomic E-state index is 12.4. The van der Waals surface area contributed by atoms with Gasteiger partial charge in [0.2, 0.25) is 5.91 Å². The van der Waals surface area contributed by atoms with Crippen LogP contribution >= 0.6 is 0 Å². The van der Waals surface area contributed by atoms with Crippen LogP contribution < -0.4 is 0 Å². The quantitative estimate of drug-likeness (QED) is 0.733. The van der Waals surface area contributed by atoms with Crippen molar-refractivity contribution in [2.75, 3.05) is 26.2 Å². The van der Waals surface area contributed by atoms with Gasteiger partial charge in [0.15, 0.2) is 0 Å². The molecule has 146 valence electrons. The molecule has 1 aromatic rings. The Morgan fingerprint density at radius 2 is 1.93 bits per heavy atom. The molecule has 0 spiro atoms. The van der Waals surface area contributed by atoms with Crippen molar-refractivity contribution in [1.29, 1.82) is 0 Å². The number of allylic oxidation sites excluding steroid dienone is 1. The van der Waals surface area contributed by atoms with Crippen molar-refractivity contribution in [3.63, 3.8) is 0 Å². The van der Waals surface area contributed by atoms with Gasteiger partial charge >= 0.3 is 0 Å². The monoisotopic (exact) mass is 366 g/mol. The van der Waals surface area contributed by atoms with Gasteiger partial charge in [-0.1, -0.05) is 50.3 Å². The number of benzene rings is 1. The molecule has 4 rings (SSSR count). The SMILES string of the molecule is CC(C)C(=O)N1CC2C=CC(c3ccc(CCN4CCCC4C)cc3)C2C1. The van der Waals surface area contributed by atoms with Crippen LogP contribution in [0.3, 0.4) is 0 Å². The van der Waals surface area contributed by atoms with Crippen molar-refractivity contribution in [2.45, 2.75) is 52.0 Å². The highest BCUT2D eigenvalue weighted by molar-refractivity contribution is 5.78. The Hall–Kier alpha value is -1.61. The lowest BCUT2D eigenvalue weighted by Crippen LogP contribution is -2.33. The van der Waals surface area contributed by atoms with E-state index in [-0.39, 0.29) is 5.92 Å². The van der Waals surface area contributed by atoms with Crippen LogP contribution in [-0.2, 0) is 11.2 Å². The molecule has 0 N–H and O–H groups in total. The molecule has 27 heavy (non-hydrogen) atoms. The van der Waals surface area contributed by atoms with E-state index in [0.29, 0.717) is 23.7 Å². The Bertz CT molecular complexity index is 693. The Morgan fingerprint density at radius 3 is 2.59 bits per heavy atom. The summed E-state index contributed by atoms with van der Waals surface area (Å²) >= 11 is 0. The molecule has 3 aliphatic rings. The van der Waals surface area contributed by atoms with Gasteiger partial charge in [0.05, 0.1) is 0 Å². The summed E-state index contributed by atoms with van der Waals surface area (Å²) in [6.45, 7) is 10.6. The van der Waals surface area contributed by atoms with E-state index in [9.17, 15) is 4.79 Å². The van der Waals surface area contributed by atoms with Crippen LogP contribution in [0.15, 0.2) is 36.4 Å². The van der Waals surface area contributed by atoms with Crippen LogP contribution in [0.4, 0.5) is 0 Å². The van der Waals surface area contributed by atoms with E-state index in [1.54, 1.807) is 0 Å². The summed E-state index contributed by atoms with van der Waals surface area (Å²) in [6, 6.07) is 10.1. The Morgan fingerprint density at radius 1 is 1.15 bits per heavy atom. The van der Waals surface area contributed by atoms with E-state index >= 15 is 0 Å². The van der Waals surface area contributed by atoms with Crippen molar-refractivity contribution in [1.82, 2.24) is 9.80 Å². The molecule has 2 heterocycles. The van der Waals surface area contributed by atoms with Crippen LogP contribution in [-0.4, -0.2) is 47.9 Å². The molecule has 3 nitrogen and oxygen atoms in total. The second-order valence-corrected chi connectivity index (χ2v) is 9.16. The lowest BCUT2D eigenvalue weighted by atomic mass is 9.85. The fourth-order valence-electron chi connectivity index (χ4n) is 5.25. The van der Waals surface area contributed by atoms with Gasteiger partial charge in [0, 0.05) is 37.5 Å². The fraction of sp³-hybridized carbons (Fsp3) is 0.625. The highest BCUT2D eigenvalue weighted by Gasteiger charge is 2.41. The second kappa shape index (κ2) is 7.79. The van der Waals surface area contributed by atoms with Gasteiger partial charge in [-0.05, 0) is 55.7 Å². The van der Waals surface area contributed by atoms with E-state index in [2.05, 4.69) is 53.1 Å². The topological polar surface area (TPSA) is 23.6 Å². The third kappa shape index (κ3) is 3.85. The highest BCUT2D eigenvalue weighted by Crippen LogP contribution is 2.43. The van der Waals surface area contributed by atoms with Crippen molar-refractivity contribution in [3.05, 3.63) is 47.5 Å². The molecule has 1 aromatic carbocycles. The number of amides is 1. The zero-order valence-electron chi connectivity index (χ0n) is 17.1. The molecule has 0 saturated carbocycles. The summed E-state index contributed by atoms with van der Waals surface area (Å²) in [5.74, 6) is 1.97. The number of carbonyl (C=O) groups excluding carboxylic acids is 1. The van der Waals surface area contributed by atoms with Gasteiger partial charge in [0.25, 0.3) is 0 Å². The number of likely N-dealkylation sites (tertiary alicyclic amines) is 2. The van der Waals surface area contributed by atoms with Crippen molar-refractivity contribution >= 4 is 5.91 Å². The van der Waals surface area contributed by atoms with Crippen LogP contribution in [0.2, 0.25) is 0 Å². The van der Waals surface area contributed by atoms with E-state index in [0.717, 1.165) is 25.6 Å². The summed E-state index contributed by atoms with van der Waals surface area (Å²) in [5.41, 5.74) is 2.86. The number of rotatable bonds is 5. The highest BCUT2D eigenvalue weighted by atomic mass is 16.2. The van der Waals surface area contributed by atoms with E-state index < -0.39 is 0 Å². The molecule has 2 fully saturated rings. The molecular formula is C24H34N2O. The summed E-state index contributed by atoms with van der Waals surface area (Å²) in [6.07, 6.45) is 8.59. The number of nitrogens with zero attached hydrogens (tertiary/aromatic N) is 2. The van der Waals surface area contributed by atoms with Gasteiger partial charge in [-0.25, -0.2) is 0 Å². The molecule has 0 radical (unpaired) electrons. The normalized spacial score (nSPS) is 30.4. The predicted molar refractivity (Wildman–Crippen MR) is 111 cm³/mol. The lowest BCUT2D eigenvalue weighted by Gasteiger charge is -2.22. The number of hydrogen-bond donors (Lipinski definition) is 0. The second-order valence-electron chi connectivity index (χ2n) is 9.16. The summed E-state index contributed by atoms with van der Waals surface area (Å²) in [7, 11) is 0. The Labute approximate surface area is 164 Å². The predicted octanol–water partition coefficient (Wildman–Crippen LogP) is 4.10. The maximum Gasteiger partial charge on any atom is 0.225 e. The van der Waals surface area contributed by atoms with Crippen LogP contribution in [0.5, 0.6) is 0 Å². The Balaban J connectivity index is 1.36. The minimum Gasteiger partial charge on any atom is -0.342 e. The fourth-order valence-corrected chi connectivity index (χ4v) is 5.25. The number of carbonyl (C=O) groups is 1. The van der Waals surface area contributed by atoms with Gasteiger partial charge in [-0.3, -0.25) is 4.79 Å². The zero-order valence-corrected chi connectivity index (χ0v) is 17.1. The minimum absolute atomic E-state index is 0.101. The third-order valence-corrected chi connectivity index (χ3v) is 6.99. The van der Waals surface area contributed by atoms with Crippen LogP contribution in [0, 0.1) is 17.8 Å². The molecule has 1 aliphatic carbocycles. The number of hydrogen-bond acceptors (Lipinski definition) is 2. The van der Waals surface area contributed by atoms with Crippen molar-refractivity contribution < 1.29 is 4.79 Å². The largest absolute Gasteiger partial charge is 0.342 e. The first-order chi connectivity index (χ1) is 13.0. The average Bonchev–Trinajstić information content (AvgIpc) is 3.35. The molecular weight excluding hydrogens is 332 g/mol. The van der Waals surface area contributed by atoms with Crippen LogP contribution in [0.1, 0.15) is 50.7 Å². The van der Waals surface area contributed by atoms with Gasteiger partial charge < -0.3 is 9.80 Å². The summed E-state index contributed by atoms with van der Waals surface area (Å²) in [4.78, 5) is 17.1.